The molecule has 0 saturated carbocycles. The average molecular weight is 378 g/mol. The number of allylic oxidation sites excluding steroid dienone is 1. The van der Waals surface area contributed by atoms with Gasteiger partial charge in [-0.05, 0) is 36.8 Å². The Bertz CT molecular complexity index is 832. The molecule has 2 aromatic rings. The minimum absolute atomic E-state index is 0.0439. The molecule has 112 valence electrons. The topological polar surface area (TPSA) is 67.2 Å². The highest BCUT2D eigenvalue weighted by molar-refractivity contribution is 9.10. The Balaban J connectivity index is 2.26. The number of aryl methyl sites for hydroxylation is 1. The molecule has 0 aliphatic heterocycles. The fourth-order valence-corrected chi connectivity index (χ4v) is 2.73. The summed E-state index contributed by atoms with van der Waals surface area (Å²) in [5.74, 6) is 0. The minimum atomic E-state index is -3.94. The molecule has 0 aromatic heterocycles. The zero-order valence-electron chi connectivity index (χ0n) is 11.7. The van der Waals surface area contributed by atoms with Crippen molar-refractivity contribution in [1.82, 2.24) is 0 Å². The second kappa shape index (κ2) is 6.77. The zero-order valence-corrected chi connectivity index (χ0v) is 14.1. The Morgan fingerprint density at radius 1 is 1.14 bits per heavy atom. The normalized spacial score (nSPS) is 11.8. The molecule has 0 bridgehead atoms. The van der Waals surface area contributed by atoms with Gasteiger partial charge in [-0.25, -0.2) is 0 Å². The van der Waals surface area contributed by atoms with Gasteiger partial charge in [-0.15, -0.1) is 0 Å². The molecule has 0 fully saturated rings. The van der Waals surface area contributed by atoms with Crippen molar-refractivity contribution in [3.8, 4) is 6.07 Å². The monoisotopic (exact) mass is 377 g/mol. The fourth-order valence-electron chi connectivity index (χ4n) is 1.66. The highest BCUT2D eigenvalue weighted by atomic mass is 79.9. The summed E-state index contributed by atoms with van der Waals surface area (Å²) in [6, 6.07) is 15.1. The van der Waals surface area contributed by atoms with Crippen LogP contribution >= 0.6 is 15.9 Å². The number of halogens is 1. The zero-order chi connectivity index (χ0) is 16.2. The molecule has 2 rings (SSSR count). The lowest BCUT2D eigenvalue weighted by Crippen LogP contribution is -2.02. The predicted molar refractivity (Wildman–Crippen MR) is 87.2 cm³/mol. The third-order valence-corrected chi connectivity index (χ3v) is 4.61. The summed E-state index contributed by atoms with van der Waals surface area (Å²) in [5, 5.41) is 9.15. The first-order chi connectivity index (χ1) is 10.4. The maximum absolute atomic E-state index is 12.1. The number of hydrogen-bond donors (Lipinski definition) is 0. The number of nitriles is 1. The van der Waals surface area contributed by atoms with Crippen molar-refractivity contribution in [2.75, 3.05) is 0 Å². The Labute approximate surface area is 137 Å². The second-order valence-electron chi connectivity index (χ2n) is 4.51. The van der Waals surface area contributed by atoms with E-state index in [0.717, 1.165) is 16.3 Å². The van der Waals surface area contributed by atoms with Crippen molar-refractivity contribution >= 4 is 31.6 Å². The minimum Gasteiger partial charge on any atom is -0.385 e. The molecule has 0 aliphatic carbocycles. The van der Waals surface area contributed by atoms with E-state index in [9.17, 15) is 8.42 Å². The number of benzene rings is 2. The Hall–Kier alpha value is -2.10. The number of hydrogen-bond acceptors (Lipinski definition) is 4. The van der Waals surface area contributed by atoms with Crippen LogP contribution in [0.3, 0.4) is 0 Å². The lowest BCUT2D eigenvalue weighted by Gasteiger charge is -2.05. The predicted octanol–water partition coefficient (Wildman–Crippen LogP) is 4.03. The number of rotatable bonds is 4. The van der Waals surface area contributed by atoms with Crippen LogP contribution in [-0.2, 0) is 14.3 Å². The van der Waals surface area contributed by atoms with Crippen LogP contribution in [-0.4, -0.2) is 8.42 Å². The molecule has 6 heteroatoms. The van der Waals surface area contributed by atoms with E-state index in [1.807, 2.05) is 13.0 Å². The molecule has 0 atom stereocenters. The van der Waals surface area contributed by atoms with E-state index in [1.165, 1.54) is 12.1 Å². The molecule has 0 aliphatic rings. The molecule has 0 amide bonds. The molecule has 0 N–H and O–H groups in total. The van der Waals surface area contributed by atoms with E-state index >= 15 is 0 Å². The van der Waals surface area contributed by atoms with Gasteiger partial charge in [0.1, 0.15) is 17.2 Å². The average Bonchev–Trinajstić information content (AvgIpc) is 2.50. The maximum atomic E-state index is 12.1. The second-order valence-corrected chi connectivity index (χ2v) is 7.00. The largest absolute Gasteiger partial charge is 0.385 e. The molecule has 0 radical (unpaired) electrons. The third-order valence-electron chi connectivity index (χ3n) is 2.88. The first kappa shape index (κ1) is 16.3. The van der Waals surface area contributed by atoms with Crippen molar-refractivity contribution in [3.05, 3.63) is 70.4 Å². The molecular weight excluding hydrogens is 366 g/mol. The van der Waals surface area contributed by atoms with E-state index < -0.39 is 10.1 Å². The van der Waals surface area contributed by atoms with Crippen LogP contribution in [0.2, 0.25) is 0 Å². The van der Waals surface area contributed by atoms with Gasteiger partial charge >= 0.3 is 10.1 Å². The lowest BCUT2D eigenvalue weighted by atomic mass is 10.1. The Kier molecular flexibility index (Phi) is 5.01. The van der Waals surface area contributed by atoms with Gasteiger partial charge in [-0.2, -0.15) is 13.7 Å². The summed E-state index contributed by atoms with van der Waals surface area (Å²) < 4.78 is 29.9. The van der Waals surface area contributed by atoms with Crippen LogP contribution in [0.4, 0.5) is 0 Å². The molecule has 0 spiro atoms. The van der Waals surface area contributed by atoms with E-state index in [-0.39, 0.29) is 10.5 Å². The van der Waals surface area contributed by atoms with E-state index in [2.05, 4.69) is 15.9 Å². The van der Waals surface area contributed by atoms with Crippen molar-refractivity contribution in [1.29, 1.82) is 5.26 Å². The van der Waals surface area contributed by atoms with E-state index in [4.69, 9.17) is 9.44 Å². The van der Waals surface area contributed by atoms with Crippen LogP contribution in [0.5, 0.6) is 0 Å². The summed E-state index contributed by atoms with van der Waals surface area (Å²) in [6.45, 7) is 1.86. The van der Waals surface area contributed by atoms with Crippen LogP contribution in [0.1, 0.15) is 11.1 Å². The highest BCUT2D eigenvalue weighted by Crippen LogP contribution is 2.20. The van der Waals surface area contributed by atoms with Gasteiger partial charge in [-0.1, -0.05) is 45.8 Å². The quantitative estimate of drug-likeness (QED) is 0.458. The van der Waals surface area contributed by atoms with Crippen molar-refractivity contribution in [2.24, 2.45) is 0 Å². The smallest absolute Gasteiger partial charge is 0.338 e. The van der Waals surface area contributed by atoms with E-state index in [1.54, 1.807) is 36.4 Å². The van der Waals surface area contributed by atoms with E-state index in [0.29, 0.717) is 5.56 Å². The highest BCUT2D eigenvalue weighted by Gasteiger charge is 2.14. The SMILES string of the molecule is Cc1ccc(S(=O)(=O)O/C=C(\C#N)c2ccc(Br)cc2)cc1. The molecule has 22 heavy (non-hydrogen) atoms. The summed E-state index contributed by atoms with van der Waals surface area (Å²) in [7, 11) is -3.94. The first-order valence-electron chi connectivity index (χ1n) is 6.28. The van der Waals surface area contributed by atoms with Gasteiger partial charge < -0.3 is 4.18 Å². The van der Waals surface area contributed by atoms with Crippen molar-refractivity contribution in [2.45, 2.75) is 11.8 Å². The third kappa shape index (κ3) is 3.97. The lowest BCUT2D eigenvalue weighted by molar-refractivity contribution is 0.445. The fraction of sp³-hybridized carbons (Fsp3) is 0.0625. The number of nitrogens with zero attached hydrogens (tertiary/aromatic N) is 1. The van der Waals surface area contributed by atoms with Crippen molar-refractivity contribution < 1.29 is 12.6 Å². The van der Waals surface area contributed by atoms with Crippen LogP contribution in [0.15, 0.2) is 64.2 Å². The van der Waals surface area contributed by atoms with Crippen LogP contribution in [0.25, 0.3) is 5.57 Å². The summed E-state index contributed by atoms with van der Waals surface area (Å²) in [5.41, 5.74) is 1.65. The molecular formula is C16H12BrNO3S. The van der Waals surface area contributed by atoms with Gasteiger partial charge in [0.25, 0.3) is 0 Å². The molecule has 0 unspecified atom stereocenters. The van der Waals surface area contributed by atoms with Gasteiger partial charge in [0.15, 0.2) is 0 Å². The summed E-state index contributed by atoms with van der Waals surface area (Å²) >= 11 is 3.29. The molecule has 4 nitrogen and oxygen atoms in total. The first-order valence-corrected chi connectivity index (χ1v) is 8.49. The van der Waals surface area contributed by atoms with Crippen molar-refractivity contribution in [3.63, 3.8) is 0 Å². The van der Waals surface area contributed by atoms with Gasteiger partial charge in [0, 0.05) is 4.47 Å². The standard InChI is InChI=1S/C16H12BrNO3S/c1-12-2-8-16(9-3-12)22(19,20)21-11-14(10-18)13-4-6-15(17)7-5-13/h2-9,11H,1H3/b14-11+. The van der Waals surface area contributed by atoms with Crippen LogP contribution < -0.4 is 0 Å². The van der Waals surface area contributed by atoms with Crippen LogP contribution in [0, 0.1) is 18.3 Å². The molecule has 0 heterocycles. The molecule has 0 saturated heterocycles. The van der Waals surface area contributed by atoms with Gasteiger partial charge in [0.2, 0.25) is 0 Å². The Morgan fingerprint density at radius 2 is 1.73 bits per heavy atom. The Morgan fingerprint density at radius 3 is 2.27 bits per heavy atom. The van der Waals surface area contributed by atoms with Gasteiger partial charge in [-0.3, -0.25) is 0 Å². The summed E-state index contributed by atoms with van der Waals surface area (Å²) in [6.07, 6.45) is 0.957. The maximum Gasteiger partial charge on any atom is 0.338 e. The molecule has 2 aromatic carbocycles. The van der Waals surface area contributed by atoms with Gasteiger partial charge in [0.05, 0.1) is 5.57 Å². The summed E-state index contributed by atoms with van der Waals surface area (Å²) in [4.78, 5) is 0.0439.